The molecule has 0 saturated heterocycles. The van der Waals surface area contributed by atoms with Gasteiger partial charge >= 0.3 is 6.03 Å². The fraction of sp³-hybridized carbons (Fsp3) is 0.733. The van der Waals surface area contributed by atoms with Crippen LogP contribution in [0.1, 0.15) is 48.2 Å². The van der Waals surface area contributed by atoms with E-state index in [1.54, 1.807) is 11.3 Å². The van der Waals surface area contributed by atoms with Gasteiger partial charge in [-0.1, -0.05) is 6.92 Å². The SMILES string of the molecule is CCc1nc(CCNC(=O)NC2CCC(O)CC2)sc1C. The molecule has 118 valence electrons. The summed E-state index contributed by atoms with van der Waals surface area (Å²) in [5, 5.41) is 16.4. The van der Waals surface area contributed by atoms with Crippen LogP contribution >= 0.6 is 11.3 Å². The summed E-state index contributed by atoms with van der Waals surface area (Å²) in [5.41, 5.74) is 1.17. The molecule has 2 amide bonds. The molecule has 0 aliphatic heterocycles. The first-order valence-electron chi connectivity index (χ1n) is 7.76. The van der Waals surface area contributed by atoms with E-state index in [0.29, 0.717) is 6.54 Å². The predicted molar refractivity (Wildman–Crippen MR) is 84.7 cm³/mol. The molecule has 0 atom stereocenters. The third-order valence-corrected chi connectivity index (χ3v) is 5.00. The van der Waals surface area contributed by atoms with Crippen molar-refractivity contribution < 1.29 is 9.90 Å². The molecule has 5 nitrogen and oxygen atoms in total. The second kappa shape index (κ2) is 7.75. The first-order valence-corrected chi connectivity index (χ1v) is 8.57. The highest BCUT2D eigenvalue weighted by atomic mass is 32.1. The zero-order chi connectivity index (χ0) is 15.2. The molecule has 0 aromatic carbocycles. The van der Waals surface area contributed by atoms with Gasteiger partial charge in [-0.15, -0.1) is 11.3 Å². The van der Waals surface area contributed by atoms with Gasteiger partial charge in [0.05, 0.1) is 16.8 Å². The maximum absolute atomic E-state index is 11.8. The van der Waals surface area contributed by atoms with Gasteiger partial charge < -0.3 is 15.7 Å². The van der Waals surface area contributed by atoms with Crippen molar-refractivity contribution in [1.82, 2.24) is 15.6 Å². The van der Waals surface area contributed by atoms with Crippen LogP contribution in [0.2, 0.25) is 0 Å². The van der Waals surface area contributed by atoms with Crippen molar-refractivity contribution in [2.75, 3.05) is 6.54 Å². The van der Waals surface area contributed by atoms with Crippen LogP contribution in [0.15, 0.2) is 0 Å². The third-order valence-electron chi connectivity index (χ3n) is 3.93. The van der Waals surface area contributed by atoms with Crippen LogP contribution in [0.5, 0.6) is 0 Å². The second-order valence-electron chi connectivity index (χ2n) is 5.62. The number of amides is 2. The van der Waals surface area contributed by atoms with Gasteiger partial charge in [-0.2, -0.15) is 0 Å². The number of hydrogen-bond acceptors (Lipinski definition) is 4. The lowest BCUT2D eigenvalue weighted by Gasteiger charge is -2.26. The Labute approximate surface area is 130 Å². The Hall–Kier alpha value is -1.14. The Morgan fingerprint density at radius 2 is 2.10 bits per heavy atom. The molecule has 1 aromatic heterocycles. The summed E-state index contributed by atoms with van der Waals surface area (Å²) in [4.78, 5) is 17.7. The Morgan fingerprint density at radius 1 is 1.38 bits per heavy atom. The van der Waals surface area contributed by atoms with E-state index < -0.39 is 0 Å². The number of hydrogen-bond donors (Lipinski definition) is 3. The molecular formula is C15H25N3O2S. The molecule has 0 unspecified atom stereocenters. The first kappa shape index (κ1) is 16.2. The van der Waals surface area contributed by atoms with Crippen molar-refractivity contribution in [2.24, 2.45) is 0 Å². The highest BCUT2D eigenvalue weighted by molar-refractivity contribution is 7.11. The topological polar surface area (TPSA) is 74.2 Å². The summed E-state index contributed by atoms with van der Waals surface area (Å²) in [7, 11) is 0. The minimum atomic E-state index is -0.188. The molecule has 1 aliphatic carbocycles. The number of aliphatic hydroxyl groups is 1. The molecule has 0 radical (unpaired) electrons. The van der Waals surface area contributed by atoms with Crippen LogP contribution in [-0.4, -0.2) is 34.8 Å². The predicted octanol–water partition coefficient (Wildman–Crippen LogP) is 2.16. The summed E-state index contributed by atoms with van der Waals surface area (Å²) < 4.78 is 0. The van der Waals surface area contributed by atoms with Gasteiger partial charge in [0.2, 0.25) is 0 Å². The van der Waals surface area contributed by atoms with Gasteiger partial charge in [-0.25, -0.2) is 9.78 Å². The molecule has 21 heavy (non-hydrogen) atoms. The zero-order valence-electron chi connectivity index (χ0n) is 12.8. The van der Waals surface area contributed by atoms with E-state index in [1.165, 1.54) is 10.6 Å². The third kappa shape index (κ3) is 4.97. The van der Waals surface area contributed by atoms with E-state index in [4.69, 9.17) is 0 Å². The minimum absolute atomic E-state index is 0.111. The van der Waals surface area contributed by atoms with E-state index in [9.17, 15) is 9.90 Å². The summed E-state index contributed by atoms with van der Waals surface area (Å²) in [5.74, 6) is 0. The van der Waals surface area contributed by atoms with E-state index in [0.717, 1.165) is 43.5 Å². The van der Waals surface area contributed by atoms with Crippen LogP contribution in [-0.2, 0) is 12.8 Å². The number of nitrogens with zero attached hydrogens (tertiary/aromatic N) is 1. The van der Waals surface area contributed by atoms with Crippen LogP contribution in [0.4, 0.5) is 4.79 Å². The number of aliphatic hydroxyl groups excluding tert-OH is 1. The van der Waals surface area contributed by atoms with Gasteiger partial charge in [0.25, 0.3) is 0 Å². The lowest BCUT2D eigenvalue weighted by atomic mass is 9.93. The average Bonchev–Trinajstić information content (AvgIpc) is 2.81. The fourth-order valence-electron chi connectivity index (χ4n) is 2.66. The maximum Gasteiger partial charge on any atom is 0.315 e. The van der Waals surface area contributed by atoms with E-state index >= 15 is 0 Å². The number of thiazole rings is 1. The van der Waals surface area contributed by atoms with Crippen molar-refractivity contribution in [3.05, 3.63) is 15.6 Å². The van der Waals surface area contributed by atoms with Crippen LogP contribution in [0.25, 0.3) is 0 Å². The van der Waals surface area contributed by atoms with E-state index in [2.05, 4.69) is 29.5 Å². The molecule has 1 fully saturated rings. The smallest absolute Gasteiger partial charge is 0.315 e. The molecule has 0 spiro atoms. The number of nitrogens with one attached hydrogen (secondary N) is 2. The highest BCUT2D eigenvalue weighted by Gasteiger charge is 2.20. The second-order valence-corrected chi connectivity index (χ2v) is 6.91. The Morgan fingerprint density at radius 3 is 2.71 bits per heavy atom. The summed E-state index contributed by atoms with van der Waals surface area (Å²) >= 11 is 1.72. The monoisotopic (exact) mass is 311 g/mol. The molecule has 1 aromatic rings. The molecule has 1 heterocycles. The number of carbonyl (C=O) groups excluding carboxylic acids is 1. The van der Waals surface area contributed by atoms with Gasteiger partial charge in [-0.3, -0.25) is 0 Å². The lowest BCUT2D eigenvalue weighted by Crippen LogP contribution is -2.44. The van der Waals surface area contributed by atoms with Crippen LogP contribution in [0, 0.1) is 6.92 Å². The van der Waals surface area contributed by atoms with Crippen LogP contribution in [0.3, 0.4) is 0 Å². The number of urea groups is 1. The quantitative estimate of drug-likeness (QED) is 0.780. The molecule has 2 rings (SSSR count). The molecule has 6 heteroatoms. The van der Waals surface area contributed by atoms with Crippen LogP contribution < -0.4 is 10.6 Å². The van der Waals surface area contributed by atoms with Crippen molar-refractivity contribution in [2.45, 2.75) is 64.5 Å². The number of rotatable bonds is 5. The van der Waals surface area contributed by atoms with Crippen molar-refractivity contribution >= 4 is 17.4 Å². The Bertz CT molecular complexity index is 467. The molecule has 1 aliphatic rings. The number of aromatic nitrogens is 1. The Balaban J connectivity index is 1.67. The normalized spacial score (nSPS) is 22.0. The molecular weight excluding hydrogens is 286 g/mol. The Kier molecular flexibility index (Phi) is 5.99. The largest absolute Gasteiger partial charge is 0.393 e. The molecule has 3 N–H and O–H groups in total. The summed E-state index contributed by atoms with van der Waals surface area (Å²) in [6.07, 6.45) is 4.84. The number of aryl methyl sites for hydroxylation is 2. The summed E-state index contributed by atoms with van der Waals surface area (Å²) in [6, 6.07) is 0.0857. The standard InChI is InChI=1S/C15H25N3O2S/c1-3-13-10(2)21-14(18-13)8-9-16-15(20)17-11-4-6-12(19)7-5-11/h11-12,19H,3-9H2,1-2H3,(H2,16,17,20). The maximum atomic E-state index is 11.8. The van der Waals surface area contributed by atoms with E-state index in [-0.39, 0.29) is 18.2 Å². The van der Waals surface area contributed by atoms with E-state index in [1.807, 2.05) is 0 Å². The average molecular weight is 311 g/mol. The fourth-order valence-corrected chi connectivity index (χ4v) is 3.68. The summed E-state index contributed by atoms with van der Waals surface area (Å²) in [6.45, 7) is 4.81. The lowest BCUT2D eigenvalue weighted by molar-refractivity contribution is 0.117. The van der Waals surface area contributed by atoms with Gasteiger partial charge in [0.15, 0.2) is 0 Å². The first-order chi connectivity index (χ1) is 10.1. The minimum Gasteiger partial charge on any atom is -0.393 e. The van der Waals surface area contributed by atoms with Crippen molar-refractivity contribution in [3.63, 3.8) is 0 Å². The number of carbonyl (C=O) groups is 1. The van der Waals surface area contributed by atoms with Crippen molar-refractivity contribution in [1.29, 1.82) is 0 Å². The van der Waals surface area contributed by atoms with Gasteiger partial charge in [0.1, 0.15) is 0 Å². The molecule has 1 saturated carbocycles. The van der Waals surface area contributed by atoms with Crippen molar-refractivity contribution in [3.8, 4) is 0 Å². The van der Waals surface area contributed by atoms with Gasteiger partial charge in [0, 0.05) is 23.9 Å². The zero-order valence-corrected chi connectivity index (χ0v) is 13.6. The highest BCUT2D eigenvalue weighted by Crippen LogP contribution is 2.19. The molecule has 0 bridgehead atoms. The van der Waals surface area contributed by atoms with Gasteiger partial charge in [-0.05, 0) is 39.0 Å².